The monoisotopic (exact) mass is 324 g/mol. The zero-order valence-corrected chi connectivity index (χ0v) is 14.3. The first-order valence-electron chi connectivity index (χ1n) is 7.80. The van der Waals surface area contributed by atoms with E-state index < -0.39 is 0 Å². The van der Waals surface area contributed by atoms with Crippen LogP contribution in [0.1, 0.15) is 35.3 Å². The van der Waals surface area contributed by atoms with E-state index in [9.17, 15) is 4.79 Å². The Morgan fingerprint density at radius 2 is 1.79 bits per heavy atom. The van der Waals surface area contributed by atoms with E-state index in [1.165, 1.54) is 0 Å². The minimum atomic E-state index is -0.0604. The summed E-state index contributed by atoms with van der Waals surface area (Å²) in [4.78, 5) is 12.3. The van der Waals surface area contributed by atoms with E-state index in [1.807, 2.05) is 51.1 Å². The van der Waals surface area contributed by atoms with Gasteiger partial charge in [-0.1, -0.05) is 12.1 Å². The van der Waals surface area contributed by atoms with Crippen molar-refractivity contribution in [2.24, 2.45) is 0 Å². The second-order valence-corrected chi connectivity index (χ2v) is 5.96. The molecule has 124 valence electrons. The van der Waals surface area contributed by atoms with Gasteiger partial charge in [-0.2, -0.15) is 0 Å². The summed E-state index contributed by atoms with van der Waals surface area (Å²) in [5, 5.41) is 0. The van der Waals surface area contributed by atoms with Crippen LogP contribution in [0, 0.1) is 6.92 Å². The third-order valence-corrected chi connectivity index (χ3v) is 4.02. The third-order valence-electron chi connectivity index (χ3n) is 4.02. The first-order valence-corrected chi connectivity index (χ1v) is 7.80. The summed E-state index contributed by atoms with van der Waals surface area (Å²) in [5.41, 5.74) is 3.35. The molecule has 0 fully saturated rings. The van der Waals surface area contributed by atoms with Gasteiger partial charge in [0.05, 0.1) is 12.7 Å². The van der Waals surface area contributed by atoms with E-state index in [4.69, 9.17) is 14.2 Å². The molecule has 0 aliphatic carbocycles. The molecule has 0 bridgehead atoms. The predicted molar refractivity (Wildman–Crippen MR) is 91.8 cm³/mol. The normalized spacial score (nSPS) is 12.7. The summed E-state index contributed by atoms with van der Waals surface area (Å²) < 4.78 is 16.8. The molecule has 2 aromatic rings. The van der Waals surface area contributed by atoms with Gasteiger partial charge < -0.3 is 14.2 Å². The Balaban J connectivity index is 1.80. The van der Waals surface area contributed by atoms with Crippen molar-refractivity contribution in [2.45, 2.75) is 27.4 Å². The van der Waals surface area contributed by atoms with E-state index in [-0.39, 0.29) is 5.78 Å². The van der Waals surface area contributed by atoms with E-state index in [0.29, 0.717) is 29.4 Å². The first-order chi connectivity index (χ1) is 11.5. The van der Waals surface area contributed by atoms with Gasteiger partial charge in [0.2, 0.25) is 5.78 Å². The number of Topliss-reactive ketones (excluding diaryl/α,β-unsaturated/α-hetero) is 1. The number of rotatable bonds is 4. The molecule has 0 aromatic heterocycles. The summed E-state index contributed by atoms with van der Waals surface area (Å²) in [5.74, 6) is 2.49. The van der Waals surface area contributed by atoms with Crippen LogP contribution in [0.25, 0.3) is 0 Å². The molecule has 0 saturated carbocycles. The molecular weight excluding hydrogens is 304 g/mol. The summed E-state index contributed by atoms with van der Waals surface area (Å²) in [6, 6.07) is 11.3. The zero-order chi connectivity index (χ0) is 17.3. The number of carbonyl (C=O) groups is 1. The molecule has 0 spiro atoms. The summed E-state index contributed by atoms with van der Waals surface area (Å²) in [7, 11) is 1.64. The van der Waals surface area contributed by atoms with Crippen LogP contribution in [-0.2, 0) is 6.61 Å². The summed E-state index contributed by atoms with van der Waals surface area (Å²) in [6.07, 6.45) is 0. The van der Waals surface area contributed by atoms with Gasteiger partial charge >= 0.3 is 0 Å². The molecule has 0 saturated heterocycles. The SMILES string of the molecule is COc1ccc(COc2ccc3c(c2C)OC(=C(C)C)C3=O)cc1. The molecule has 0 atom stereocenters. The second-order valence-electron chi connectivity index (χ2n) is 5.96. The molecule has 1 aliphatic rings. The average Bonchev–Trinajstić information content (AvgIpc) is 2.93. The predicted octanol–water partition coefficient (Wildman–Crippen LogP) is 4.45. The largest absolute Gasteiger partial charge is 0.497 e. The molecule has 1 heterocycles. The Morgan fingerprint density at radius 3 is 2.42 bits per heavy atom. The van der Waals surface area contributed by atoms with Crippen LogP contribution in [0.2, 0.25) is 0 Å². The van der Waals surface area contributed by atoms with Crippen LogP contribution in [0.3, 0.4) is 0 Å². The number of carbonyl (C=O) groups excluding carboxylic acids is 1. The molecule has 3 rings (SSSR count). The molecule has 4 nitrogen and oxygen atoms in total. The van der Waals surface area contributed by atoms with Crippen molar-refractivity contribution in [3.8, 4) is 17.2 Å². The molecule has 4 heteroatoms. The number of ether oxygens (including phenoxy) is 3. The van der Waals surface area contributed by atoms with Gasteiger partial charge in [-0.05, 0) is 56.2 Å². The highest BCUT2D eigenvalue weighted by atomic mass is 16.5. The van der Waals surface area contributed by atoms with Crippen LogP contribution in [0.15, 0.2) is 47.7 Å². The molecule has 24 heavy (non-hydrogen) atoms. The van der Waals surface area contributed by atoms with Crippen LogP contribution in [-0.4, -0.2) is 12.9 Å². The van der Waals surface area contributed by atoms with Gasteiger partial charge in [0.1, 0.15) is 23.9 Å². The molecule has 2 aromatic carbocycles. The fourth-order valence-corrected chi connectivity index (χ4v) is 2.62. The minimum absolute atomic E-state index is 0.0604. The number of hydrogen-bond acceptors (Lipinski definition) is 4. The van der Waals surface area contributed by atoms with Gasteiger partial charge in [0, 0.05) is 5.56 Å². The van der Waals surface area contributed by atoms with E-state index in [0.717, 1.165) is 22.4 Å². The van der Waals surface area contributed by atoms with Gasteiger partial charge in [-0.15, -0.1) is 0 Å². The van der Waals surface area contributed by atoms with Crippen molar-refractivity contribution >= 4 is 5.78 Å². The van der Waals surface area contributed by atoms with Crippen LogP contribution in [0.5, 0.6) is 17.2 Å². The summed E-state index contributed by atoms with van der Waals surface area (Å²) >= 11 is 0. The number of hydrogen-bond donors (Lipinski definition) is 0. The fourth-order valence-electron chi connectivity index (χ4n) is 2.62. The van der Waals surface area contributed by atoms with Gasteiger partial charge in [0.25, 0.3) is 0 Å². The third kappa shape index (κ3) is 2.87. The van der Waals surface area contributed by atoms with Crippen molar-refractivity contribution in [2.75, 3.05) is 7.11 Å². The van der Waals surface area contributed by atoms with Crippen molar-refractivity contribution in [3.05, 3.63) is 64.4 Å². The Morgan fingerprint density at radius 1 is 1.08 bits per heavy atom. The van der Waals surface area contributed by atoms with Crippen molar-refractivity contribution in [3.63, 3.8) is 0 Å². The first kappa shape index (κ1) is 16.1. The van der Waals surface area contributed by atoms with Crippen LogP contribution >= 0.6 is 0 Å². The number of fused-ring (bicyclic) bond motifs is 1. The van der Waals surface area contributed by atoms with E-state index in [1.54, 1.807) is 13.2 Å². The highest BCUT2D eigenvalue weighted by Crippen LogP contribution is 2.39. The molecule has 0 unspecified atom stereocenters. The highest BCUT2D eigenvalue weighted by molar-refractivity contribution is 6.13. The molecule has 1 aliphatic heterocycles. The smallest absolute Gasteiger partial charge is 0.231 e. The quantitative estimate of drug-likeness (QED) is 0.779. The maximum absolute atomic E-state index is 12.3. The second kappa shape index (κ2) is 6.40. The molecule has 0 radical (unpaired) electrons. The van der Waals surface area contributed by atoms with Crippen LogP contribution in [0.4, 0.5) is 0 Å². The number of allylic oxidation sites excluding steroid dienone is 2. The van der Waals surface area contributed by atoms with Crippen molar-refractivity contribution in [1.82, 2.24) is 0 Å². The van der Waals surface area contributed by atoms with Crippen molar-refractivity contribution < 1.29 is 19.0 Å². The topological polar surface area (TPSA) is 44.8 Å². The number of methoxy groups -OCH3 is 1. The Labute approximate surface area is 141 Å². The lowest BCUT2D eigenvalue weighted by atomic mass is 10.1. The maximum atomic E-state index is 12.3. The lowest BCUT2D eigenvalue weighted by molar-refractivity contribution is 0.101. The molecule has 0 N–H and O–H groups in total. The fraction of sp³-hybridized carbons (Fsp3) is 0.250. The minimum Gasteiger partial charge on any atom is -0.497 e. The van der Waals surface area contributed by atoms with Gasteiger partial charge in [-0.25, -0.2) is 0 Å². The average molecular weight is 324 g/mol. The van der Waals surface area contributed by atoms with Gasteiger partial charge in [-0.3, -0.25) is 4.79 Å². The maximum Gasteiger partial charge on any atom is 0.231 e. The Kier molecular flexibility index (Phi) is 4.30. The number of ketones is 1. The lowest BCUT2D eigenvalue weighted by Crippen LogP contribution is -2.00. The Bertz CT molecular complexity index is 812. The standard InChI is InChI=1S/C20H20O4/c1-12(2)19-18(21)16-9-10-17(13(3)20(16)24-19)23-11-14-5-7-15(22-4)8-6-14/h5-10H,11H2,1-4H3. The zero-order valence-electron chi connectivity index (χ0n) is 14.3. The number of benzene rings is 2. The highest BCUT2D eigenvalue weighted by Gasteiger charge is 2.30. The Hall–Kier alpha value is -2.75. The summed E-state index contributed by atoms with van der Waals surface area (Å²) in [6.45, 7) is 6.08. The van der Waals surface area contributed by atoms with Gasteiger partial charge in [0.15, 0.2) is 5.76 Å². The van der Waals surface area contributed by atoms with Crippen molar-refractivity contribution in [1.29, 1.82) is 0 Å². The van der Waals surface area contributed by atoms with Crippen LogP contribution < -0.4 is 14.2 Å². The lowest BCUT2D eigenvalue weighted by Gasteiger charge is -2.12. The van der Waals surface area contributed by atoms with E-state index >= 15 is 0 Å². The molecule has 0 amide bonds. The van der Waals surface area contributed by atoms with E-state index in [2.05, 4.69) is 0 Å². The molecular formula is C20H20O4.